The van der Waals surface area contributed by atoms with Crippen LogP contribution in [0.5, 0.6) is 5.75 Å². The van der Waals surface area contributed by atoms with E-state index in [2.05, 4.69) is 18.3 Å². The topological polar surface area (TPSA) is 38.3 Å². The number of ether oxygens (including phenoxy) is 1. The van der Waals surface area contributed by atoms with Crippen LogP contribution >= 0.6 is 11.6 Å². The zero-order chi connectivity index (χ0) is 16.1. The highest BCUT2D eigenvalue weighted by molar-refractivity contribution is 7.83. The monoisotopic (exact) mass is 337 g/mol. The first-order valence-corrected chi connectivity index (χ1v) is 9.06. The summed E-state index contributed by atoms with van der Waals surface area (Å²) in [5.41, 5.74) is 4.13. The molecule has 0 fully saturated rings. The SMILES string of the molecule is COc1ccc(C)cc1CNc1ccc(Cl)c(C[S@@](C)=O)c1. The first kappa shape index (κ1) is 16.8. The number of methoxy groups -OCH3 is 1. The molecule has 0 aliphatic heterocycles. The van der Waals surface area contributed by atoms with Crippen LogP contribution < -0.4 is 10.1 Å². The maximum Gasteiger partial charge on any atom is 0.123 e. The van der Waals surface area contributed by atoms with E-state index in [0.29, 0.717) is 17.3 Å². The van der Waals surface area contributed by atoms with Gasteiger partial charge in [0.2, 0.25) is 0 Å². The van der Waals surface area contributed by atoms with Gasteiger partial charge in [0.15, 0.2) is 0 Å². The van der Waals surface area contributed by atoms with Gasteiger partial charge < -0.3 is 10.1 Å². The quantitative estimate of drug-likeness (QED) is 0.860. The molecule has 0 spiro atoms. The summed E-state index contributed by atoms with van der Waals surface area (Å²) < 4.78 is 16.8. The van der Waals surface area contributed by atoms with Gasteiger partial charge >= 0.3 is 0 Å². The van der Waals surface area contributed by atoms with Gasteiger partial charge in [-0.3, -0.25) is 4.21 Å². The molecule has 2 aromatic carbocycles. The van der Waals surface area contributed by atoms with Crippen LogP contribution in [0.15, 0.2) is 36.4 Å². The van der Waals surface area contributed by atoms with E-state index >= 15 is 0 Å². The van der Waals surface area contributed by atoms with Crippen molar-refractivity contribution in [2.24, 2.45) is 0 Å². The fraction of sp³-hybridized carbons (Fsp3) is 0.294. The second-order valence-corrected chi connectivity index (χ2v) is 7.03. The Bertz CT molecular complexity index is 688. The highest BCUT2D eigenvalue weighted by Gasteiger charge is 2.06. The second kappa shape index (κ2) is 7.65. The Hall–Kier alpha value is -1.52. The molecule has 0 amide bonds. The van der Waals surface area contributed by atoms with Gasteiger partial charge in [0.1, 0.15) is 5.75 Å². The molecule has 2 rings (SSSR count). The van der Waals surface area contributed by atoms with Crippen LogP contribution in [0, 0.1) is 6.92 Å². The van der Waals surface area contributed by atoms with Crippen LogP contribution in [0.3, 0.4) is 0 Å². The largest absolute Gasteiger partial charge is 0.496 e. The Labute approximate surface area is 139 Å². The van der Waals surface area contributed by atoms with E-state index in [4.69, 9.17) is 16.3 Å². The molecule has 22 heavy (non-hydrogen) atoms. The first-order chi connectivity index (χ1) is 10.5. The second-order valence-electron chi connectivity index (χ2n) is 5.19. The molecule has 0 unspecified atom stereocenters. The van der Waals surface area contributed by atoms with Crippen molar-refractivity contribution < 1.29 is 8.95 Å². The lowest BCUT2D eigenvalue weighted by Gasteiger charge is -2.13. The minimum absolute atomic E-state index is 0.460. The summed E-state index contributed by atoms with van der Waals surface area (Å²) >= 11 is 6.14. The molecule has 2 aromatic rings. The highest BCUT2D eigenvalue weighted by atomic mass is 35.5. The lowest BCUT2D eigenvalue weighted by molar-refractivity contribution is 0.410. The van der Waals surface area contributed by atoms with Crippen LogP contribution in [0.1, 0.15) is 16.7 Å². The normalized spacial score (nSPS) is 12.0. The Morgan fingerprint density at radius 3 is 2.64 bits per heavy atom. The van der Waals surface area contributed by atoms with Gasteiger partial charge in [0, 0.05) is 45.6 Å². The van der Waals surface area contributed by atoms with Crippen molar-refractivity contribution in [3.05, 3.63) is 58.1 Å². The summed E-state index contributed by atoms with van der Waals surface area (Å²) in [4.78, 5) is 0. The molecule has 1 N–H and O–H groups in total. The van der Waals surface area contributed by atoms with Gasteiger partial charge in [0.05, 0.1) is 7.11 Å². The highest BCUT2D eigenvalue weighted by Crippen LogP contribution is 2.24. The van der Waals surface area contributed by atoms with E-state index in [1.54, 1.807) is 13.4 Å². The van der Waals surface area contributed by atoms with Crippen molar-refractivity contribution in [3.8, 4) is 5.75 Å². The summed E-state index contributed by atoms with van der Waals surface area (Å²) in [6.45, 7) is 2.71. The van der Waals surface area contributed by atoms with E-state index in [-0.39, 0.29) is 0 Å². The van der Waals surface area contributed by atoms with Gasteiger partial charge in [-0.1, -0.05) is 29.3 Å². The number of nitrogens with one attached hydrogen (secondary N) is 1. The molecular formula is C17H20ClNO2S. The first-order valence-electron chi connectivity index (χ1n) is 6.95. The molecule has 0 aliphatic rings. The zero-order valence-corrected chi connectivity index (χ0v) is 14.6. The number of hydrogen-bond donors (Lipinski definition) is 1. The van der Waals surface area contributed by atoms with Crippen LogP contribution in [-0.4, -0.2) is 17.6 Å². The molecule has 0 aromatic heterocycles. The van der Waals surface area contributed by atoms with Crippen molar-refractivity contribution in [1.82, 2.24) is 0 Å². The smallest absolute Gasteiger partial charge is 0.123 e. The molecule has 1 atom stereocenters. The standard InChI is InChI=1S/C17H20ClNO2S/c1-12-4-7-17(21-2)13(8-12)10-19-15-5-6-16(18)14(9-15)11-22(3)20/h4-9,19H,10-11H2,1-3H3/t22-/m1/s1. The van der Waals surface area contributed by atoms with Crippen molar-refractivity contribution in [3.63, 3.8) is 0 Å². The van der Waals surface area contributed by atoms with Gasteiger partial charge in [-0.25, -0.2) is 0 Å². The summed E-state index contributed by atoms with van der Waals surface area (Å²) in [5, 5.41) is 4.01. The molecular weight excluding hydrogens is 318 g/mol. The lowest BCUT2D eigenvalue weighted by Crippen LogP contribution is -2.03. The average Bonchev–Trinajstić information content (AvgIpc) is 2.47. The molecule has 0 saturated carbocycles. The fourth-order valence-corrected chi connectivity index (χ4v) is 3.20. The van der Waals surface area contributed by atoms with Crippen LogP contribution in [0.25, 0.3) is 0 Å². The molecule has 3 nitrogen and oxygen atoms in total. The van der Waals surface area contributed by atoms with Crippen LogP contribution in [0.4, 0.5) is 5.69 Å². The Morgan fingerprint density at radius 1 is 1.18 bits per heavy atom. The van der Waals surface area contributed by atoms with Gasteiger partial charge in [-0.15, -0.1) is 0 Å². The van der Waals surface area contributed by atoms with Crippen molar-refractivity contribution in [2.75, 3.05) is 18.7 Å². The Balaban J connectivity index is 2.15. The molecule has 0 heterocycles. The van der Waals surface area contributed by atoms with Gasteiger partial charge in [-0.2, -0.15) is 0 Å². The third-order valence-corrected chi connectivity index (χ3v) is 4.41. The zero-order valence-electron chi connectivity index (χ0n) is 13.0. The predicted octanol–water partition coefficient (Wildman–Crippen LogP) is 4.15. The number of halogens is 1. The van der Waals surface area contributed by atoms with E-state index in [1.807, 2.05) is 30.3 Å². The minimum Gasteiger partial charge on any atom is -0.496 e. The lowest BCUT2D eigenvalue weighted by atomic mass is 10.1. The predicted molar refractivity (Wildman–Crippen MR) is 94.3 cm³/mol. The summed E-state index contributed by atoms with van der Waals surface area (Å²) in [5.74, 6) is 1.32. The summed E-state index contributed by atoms with van der Waals surface area (Å²) in [7, 11) is 0.756. The average molecular weight is 338 g/mol. The van der Waals surface area contributed by atoms with Crippen LogP contribution in [0.2, 0.25) is 5.02 Å². The molecule has 118 valence electrons. The Morgan fingerprint density at radius 2 is 1.95 bits per heavy atom. The molecule has 0 saturated heterocycles. The minimum atomic E-state index is -0.915. The van der Waals surface area contributed by atoms with Crippen LogP contribution in [-0.2, 0) is 23.1 Å². The molecule has 0 aliphatic carbocycles. The number of aryl methyl sites for hydroxylation is 1. The van der Waals surface area contributed by atoms with Gasteiger partial charge in [0.25, 0.3) is 0 Å². The van der Waals surface area contributed by atoms with Crippen molar-refractivity contribution >= 4 is 28.1 Å². The molecule has 5 heteroatoms. The van der Waals surface area contributed by atoms with E-state index in [0.717, 1.165) is 22.6 Å². The van der Waals surface area contributed by atoms with E-state index in [9.17, 15) is 4.21 Å². The number of anilines is 1. The van der Waals surface area contributed by atoms with Gasteiger partial charge in [-0.05, 0) is 36.8 Å². The van der Waals surface area contributed by atoms with E-state index < -0.39 is 10.8 Å². The number of hydrogen-bond acceptors (Lipinski definition) is 3. The van der Waals surface area contributed by atoms with Crippen molar-refractivity contribution in [2.45, 2.75) is 19.2 Å². The molecule has 0 bridgehead atoms. The summed E-state index contributed by atoms with van der Waals surface area (Å²) in [6.07, 6.45) is 1.67. The van der Waals surface area contributed by atoms with Crippen molar-refractivity contribution in [1.29, 1.82) is 0 Å². The number of rotatable bonds is 6. The third kappa shape index (κ3) is 4.49. The molecule has 0 radical (unpaired) electrons. The Kier molecular flexibility index (Phi) is 5.86. The van der Waals surface area contributed by atoms with E-state index in [1.165, 1.54) is 5.56 Å². The third-order valence-electron chi connectivity index (χ3n) is 3.32. The maximum atomic E-state index is 11.4. The summed E-state index contributed by atoms with van der Waals surface area (Å²) in [6, 6.07) is 11.8. The maximum absolute atomic E-state index is 11.4. The number of benzene rings is 2. The fourth-order valence-electron chi connectivity index (χ4n) is 2.26.